The maximum atomic E-state index is 11.2. The normalized spacial score (nSPS) is 18.6. The first-order chi connectivity index (χ1) is 7.48. The van der Waals surface area contributed by atoms with Gasteiger partial charge < -0.3 is 10.2 Å². The van der Waals surface area contributed by atoms with E-state index in [2.05, 4.69) is 0 Å². The highest BCUT2D eigenvalue weighted by Gasteiger charge is 2.38. The largest absolute Gasteiger partial charge is 0.478 e. The quantitative estimate of drug-likeness (QED) is 0.718. The summed E-state index contributed by atoms with van der Waals surface area (Å²) in [5, 5.41) is 18.2. The van der Waals surface area contributed by atoms with Crippen LogP contribution in [0.25, 0.3) is 0 Å². The lowest BCUT2D eigenvalue weighted by atomic mass is 9.70. The number of hydrogen-bond acceptors (Lipinski definition) is 2. The van der Waals surface area contributed by atoms with Crippen LogP contribution in [0, 0.1) is 5.41 Å². The maximum absolute atomic E-state index is 11.2. The minimum Gasteiger partial charge on any atom is -0.478 e. The molecule has 88 valence electrons. The van der Waals surface area contributed by atoms with Gasteiger partial charge in [0.15, 0.2) is 0 Å². The zero-order valence-electron chi connectivity index (χ0n) is 9.49. The van der Waals surface area contributed by atoms with Crippen molar-refractivity contribution in [2.24, 2.45) is 5.41 Å². The van der Waals surface area contributed by atoms with E-state index in [-0.39, 0.29) is 17.6 Å². The first kappa shape index (κ1) is 12.5. The average Bonchev–Trinajstić information content (AvgIpc) is 2.27. The van der Waals surface area contributed by atoms with Crippen LogP contribution >= 0.6 is 0 Å². The van der Waals surface area contributed by atoms with Crippen molar-refractivity contribution in [2.45, 2.75) is 33.1 Å². The van der Waals surface area contributed by atoms with Crippen LogP contribution in [-0.2, 0) is 9.59 Å². The molecule has 0 radical (unpaired) electrons. The fraction of sp³-hybridized carbons (Fsp3) is 0.500. The van der Waals surface area contributed by atoms with Gasteiger partial charge in [0.1, 0.15) is 0 Å². The van der Waals surface area contributed by atoms with E-state index in [4.69, 9.17) is 5.11 Å². The molecular formula is C12H16O4. The summed E-state index contributed by atoms with van der Waals surface area (Å²) < 4.78 is 0. The Morgan fingerprint density at radius 1 is 1.25 bits per heavy atom. The summed E-state index contributed by atoms with van der Waals surface area (Å²) in [6.07, 6.45) is 4.97. The molecule has 0 saturated heterocycles. The standard InChI is InChI=1S/C12H16O4/c1-3-12(4-2)7-5-6-8(10(13)14)9(12)11(15)16/h5,7H,3-4,6H2,1-2H3,(H,13,14)(H,15,16). The van der Waals surface area contributed by atoms with E-state index in [1.807, 2.05) is 19.9 Å². The molecule has 1 aliphatic rings. The lowest BCUT2D eigenvalue weighted by molar-refractivity contribution is -0.137. The fourth-order valence-electron chi connectivity index (χ4n) is 2.26. The molecule has 16 heavy (non-hydrogen) atoms. The van der Waals surface area contributed by atoms with Crippen LogP contribution in [-0.4, -0.2) is 22.2 Å². The number of carboxylic acid groups (broad SMARTS) is 2. The van der Waals surface area contributed by atoms with Gasteiger partial charge in [-0.05, 0) is 19.3 Å². The van der Waals surface area contributed by atoms with Gasteiger partial charge in [-0.3, -0.25) is 0 Å². The van der Waals surface area contributed by atoms with E-state index in [0.29, 0.717) is 12.8 Å². The molecule has 2 N–H and O–H groups in total. The summed E-state index contributed by atoms with van der Waals surface area (Å²) in [6, 6.07) is 0. The van der Waals surface area contributed by atoms with Crippen molar-refractivity contribution in [1.82, 2.24) is 0 Å². The maximum Gasteiger partial charge on any atom is 0.333 e. The summed E-state index contributed by atoms with van der Waals surface area (Å²) in [4.78, 5) is 22.3. The molecule has 0 aliphatic heterocycles. The van der Waals surface area contributed by atoms with Gasteiger partial charge in [0.25, 0.3) is 0 Å². The summed E-state index contributed by atoms with van der Waals surface area (Å²) in [5.74, 6) is -2.25. The molecule has 4 heteroatoms. The highest BCUT2D eigenvalue weighted by molar-refractivity contribution is 6.00. The number of rotatable bonds is 4. The van der Waals surface area contributed by atoms with Gasteiger partial charge in [-0.25, -0.2) is 9.59 Å². The van der Waals surface area contributed by atoms with Crippen molar-refractivity contribution < 1.29 is 19.8 Å². The van der Waals surface area contributed by atoms with E-state index >= 15 is 0 Å². The van der Waals surface area contributed by atoms with Crippen molar-refractivity contribution in [2.75, 3.05) is 0 Å². The predicted molar refractivity (Wildman–Crippen MR) is 59.1 cm³/mol. The van der Waals surface area contributed by atoms with E-state index in [0.717, 1.165) is 0 Å². The zero-order chi connectivity index (χ0) is 12.3. The van der Waals surface area contributed by atoms with Gasteiger partial charge in [-0.15, -0.1) is 0 Å². The van der Waals surface area contributed by atoms with Crippen molar-refractivity contribution in [3.63, 3.8) is 0 Å². The van der Waals surface area contributed by atoms with Crippen LogP contribution in [0.2, 0.25) is 0 Å². The molecule has 0 unspecified atom stereocenters. The molecule has 0 spiro atoms. The Morgan fingerprint density at radius 2 is 1.81 bits per heavy atom. The Balaban J connectivity index is 3.39. The summed E-state index contributed by atoms with van der Waals surface area (Å²) in [5.41, 5.74) is -0.566. The van der Waals surface area contributed by atoms with E-state index in [1.54, 1.807) is 6.08 Å². The summed E-state index contributed by atoms with van der Waals surface area (Å²) in [6.45, 7) is 3.75. The van der Waals surface area contributed by atoms with Crippen LogP contribution in [0.4, 0.5) is 0 Å². The molecular weight excluding hydrogens is 208 g/mol. The third kappa shape index (κ3) is 1.87. The first-order valence-corrected chi connectivity index (χ1v) is 5.36. The van der Waals surface area contributed by atoms with Crippen LogP contribution in [0.5, 0.6) is 0 Å². The smallest absolute Gasteiger partial charge is 0.333 e. The van der Waals surface area contributed by atoms with E-state index < -0.39 is 17.4 Å². The van der Waals surface area contributed by atoms with Gasteiger partial charge in [0, 0.05) is 5.41 Å². The van der Waals surface area contributed by atoms with E-state index in [9.17, 15) is 14.7 Å². The number of allylic oxidation sites excluding steroid dienone is 2. The minimum atomic E-state index is -1.13. The topological polar surface area (TPSA) is 74.6 Å². The highest BCUT2D eigenvalue weighted by atomic mass is 16.4. The number of aliphatic carboxylic acids is 2. The Morgan fingerprint density at radius 3 is 2.19 bits per heavy atom. The monoisotopic (exact) mass is 224 g/mol. The molecule has 0 aromatic carbocycles. The molecule has 1 rings (SSSR count). The second-order valence-electron chi connectivity index (χ2n) is 3.93. The molecule has 0 aromatic rings. The second kappa shape index (κ2) is 4.51. The number of hydrogen-bond donors (Lipinski definition) is 2. The van der Waals surface area contributed by atoms with Gasteiger partial charge >= 0.3 is 11.9 Å². The van der Waals surface area contributed by atoms with Crippen LogP contribution in [0.3, 0.4) is 0 Å². The van der Waals surface area contributed by atoms with Crippen molar-refractivity contribution >= 4 is 11.9 Å². The molecule has 0 fully saturated rings. The van der Waals surface area contributed by atoms with Crippen molar-refractivity contribution in [3.8, 4) is 0 Å². The molecule has 0 atom stereocenters. The first-order valence-electron chi connectivity index (χ1n) is 5.36. The third-order valence-corrected chi connectivity index (χ3v) is 3.29. The Kier molecular flexibility index (Phi) is 3.52. The number of carbonyl (C=O) groups is 2. The molecule has 0 aromatic heterocycles. The van der Waals surface area contributed by atoms with Gasteiger partial charge in [0.05, 0.1) is 11.1 Å². The molecule has 0 bridgehead atoms. The SMILES string of the molecule is CCC1(CC)C=CCC(C(=O)O)=C1C(=O)O. The van der Waals surface area contributed by atoms with Gasteiger partial charge in [-0.2, -0.15) is 0 Å². The average molecular weight is 224 g/mol. The summed E-state index contributed by atoms with van der Waals surface area (Å²) in [7, 11) is 0. The Labute approximate surface area is 94.3 Å². The second-order valence-corrected chi connectivity index (χ2v) is 3.93. The number of carboxylic acids is 2. The Hall–Kier alpha value is -1.58. The lowest BCUT2D eigenvalue weighted by Crippen LogP contribution is -2.30. The Bertz CT molecular complexity index is 372. The van der Waals surface area contributed by atoms with Crippen LogP contribution in [0.1, 0.15) is 33.1 Å². The van der Waals surface area contributed by atoms with Crippen LogP contribution < -0.4 is 0 Å². The minimum absolute atomic E-state index is 0.0127. The van der Waals surface area contributed by atoms with Gasteiger partial charge in [-0.1, -0.05) is 26.0 Å². The molecule has 0 heterocycles. The zero-order valence-corrected chi connectivity index (χ0v) is 9.49. The molecule has 0 saturated carbocycles. The molecule has 4 nitrogen and oxygen atoms in total. The molecule has 1 aliphatic carbocycles. The predicted octanol–water partition coefficient (Wildman–Crippen LogP) is 2.22. The van der Waals surface area contributed by atoms with E-state index in [1.165, 1.54) is 0 Å². The fourth-order valence-corrected chi connectivity index (χ4v) is 2.26. The van der Waals surface area contributed by atoms with Crippen molar-refractivity contribution in [3.05, 3.63) is 23.3 Å². The highest BCUT2D eigenvalue weighted by Crippen LogP contribution is 2.42. The van der Waals surface area contributed by atoms with Gasteiger partial charge in [0.2, 0.25) is 0 Å². The summed E-state index contributed by atoms with van der Waals surface area (Å²) >= 11 is 0. The molecule has 0 amide bonds. The van der Waals surface area contributed by atoms with Crippen molar-refractivity contribution in [1.29, 1.82) is 0 Å². The van der Waals surface area contributed by atoms with Crippen LogP contribution in [0.15, 0.2) is 23.3 Å². The lowest BCUT2D eigenvalue weighted by Gasteiger charge is -2.32. The third-order valence-electron chi connectivity index (χ3n) is 3.29.